The van der Waals surface area contributed by atoms with Gasteiger partial charge in [-0.05, 0) is 57.4 Å². The SMILES string of the molecule is CCC(C)(CNC(C)(C)C)CN1CCC(C)C(C)C1. The third-order valence-electron chi connectivity index (χ3n) is 4.92. The van der Waals surface area contributed by atoms with Crippen LogP contribution in [0.25, 0.3) is 0 Å². The second-order valence-electron chi connectivity index (χ2n) is 8.25. The minimum Gasteiger partial charge on any atom is -0.311 e. The van der Waals surface area contributed by atoms with Crippen molar-refractivity contribution in [3.05, 3.63) is 0 Å². The zero-order chi connectivity index (χ0) is 14.7. The van der Waals surface area contributed by atoms with Gasteiger partial charge in [-0.1, -0.05) is 27.7 Å². The van der Waals surface area contributed by atoms with E-state index in [-0.39, 0.29) is 5.54 Å². The van der Waals surface area contributed by atoms with E-state index in [0.29, 0.717) is 5.41 Å². The molecule has 0 amide bonds. The van der Waals surface area contributed by atoms with Crippen LogP contribution in [0.1, 0.15) is 61.3 Å². The maximum absolute atomic E-state index is 3.70. The molecule has 1 N–H and O–H groups in total. The molecular formula is C17H36N2. The molecule has 0 saturated carbocycles. The summed E-state index contributed by atoms with van der Waals surface area (Å²) in [5, 5.41) is 3.70. The van der Waals surface area contributed by atoms with Crippen molar-refractivity contribution in [2.75, 3.05) is 26.2 Å². The van der Waals surface area contributed by atoms with Gasteiger partial charge in [-0.25, -0.2) is 0 Å². The van der Waals surface area contributed by atoms with Crippen LogP contribution in [-0.4, -0.2) is 36.6 Å². The highest BCUT2D eigenvalue weighted by Crippen LogP contribution is 2.28. The summed E-state index contributed by atoms with van der Waals surface area (Å²) in [6.45, 7) is 21.3. The van der Waals surface area contributed by atoms with E-state index in [1.807, 2.05) is 0 Å². The van der Waals surface area contributed by atoms with Crippen molar-refractivity contribution in [2.45, 2.75) is 66.8 Å². The van der Waals surface area contributed by atoms with Crippen LogP contribution in [0, 0.1) is 17.3 Å². The van der Waals surface area contributed by atoms with E-state index in [4.69, 9.17) is 0 Å². The molecule has 0 aromatic carbocycles. The lowest BCUT2D eigenvalue weighted by atomic mass is 9.83. The molecule has 1 aliphatic rings. The predicted octanol–water partition coefficient (Wildman–Crippen LogP) is 3.77. The summed E-state index contributed by atoms with van der Waals surface area (Å²) in [6, 6.07) is 0. The molecule has 0 radical (unpaired) electrons. The first kappa shape index (κ1) is 17.0. The summed E-state index contributed by atoms with van der Waals surface area (Å²) in [5.41, 5.74) is 0.619. The molecule has 1 rings (SSSR count). The fourth-order valence-electron chi connectivity index (χ4n) is 2.80. The molecule has 0 aliphatic carbocycles. The van der Waals surface area contributed by atoms with Gasteiger partial charge in [0.1, 0.15) is 0 Å². The normalized spacial score (nSPS) is 29.2. The lowest BCUT2D eigenvalue weighted by Gasteiger charge is -2.42. The van der Waals surface area contributed by atoms with Gasteiger partial charge in [0, 0.05) is 25.2 Å². The molecule has 114 valence electrons. The van der Waals surface area contributed by atoms with Crippen molar-refractivity contribution < 1.29 is 0 Å². The van der Waals surface area contributed by atoms with Crippen LogP contribution in [0.5, 0.6) is 0 Å². The Morgan fingerprint density at radius 2 is 1.74 bits per heavy atom. The van der Waals surface area contributed by atoms with E-state index >= 15 is 0 Å². The lowest BCUT2D eigenvalue weighted by molar-refractivity contribution is 0.0837. The summed E-state index contributed by atoms with van der Waals surface area (Å²) in [5.74, 6) is 1.75. The van der Waals surface area contributed by atoms with Gasteiger partial charge in [0.15, 0.2) is 0 Å². The number of likely N-dealkylation sites (tertiary alicyclic amines) is 1. The summed E-state index contributed by atoms with van der Waals surface area (Å²) in [4.78, 5) is 2.69. The molecule has 1 saturated heterocycles. The zero-order valence-electron chi connectivity index (χ0n) is 14.3. The Kier molecular flexibility index (Phi) is 5.88. The Morgan fingerprint density at radius 1 is 1.11 bits per heavy atom. The van der Waals surface area contributed by atoms with E-state index < -0.39 is 0 Å². The highest BCUT2D eigenvalue weighted by Gasteiger charge is 2.30. The number of hydrogen-bond donors (Lipinski definition) is 1. The second kappa shape index (κ2) is 6.58. The molecule has 1 fully saturated rings. The summed E-state index contributed by atoms with van der Waals surface area (Å²) in [6.07, 6.45) is 2.62. The molecular weight excluding hydrogens is 232 g/mol. The summed E-state index contributed by atoms with van der Waals surface area (Å²) >= 11 is 0. The number of nitrogens with one attached hydrogen (secondary N) is 1. The molecule has 2 heteroatoms. The Morgan fingerprint density at radius 3 is 2.21 bits per heavy atom. The van der Waals surface area contributed by atoms with Crippen LogP contribution in [0.15, 0.2) is 0 Å². The van der Waals surface area contributed by atoms with Crippen LogP contribution in [0.2, 0.25) is 0 Å². The van der Waals surface area contributed by atoms with Crippen LogP contribution < -0.4 is 5.32 Å². The Hall–Kier alpha value is -0.0800. The molecule has 1 aliphatic heterocycles. The van der Waals surface area contributed by atoms with E-state index in [1.54, 1.807) is 0 Å². The van der Waals surface area contributed by atoms with Gasteiger partial charge in [0.25, 0.3) is 0 Å². The average molecular weight is 268 g/mol. The molecule has 0 spiro atoms. The smallest absolute Gasteiger partial charge is 0.00967 e. The third-order valence-corrected chi connectivity index (χ3v) is 4.92. The van der Waals surface area contributed by atoms with E-state index in [9.17, 15) is 0 Å². The first-order valence-electron chi connectivity index (χ1n) is 8.12. The van der Waals surface area contributed by atoms with Crippen LogP contribution in [0.4, 0.5) is 0 Å². The lowest BCUT2D eigenvalue weighted by Crippen LogP contribution is -2.49. The van der Waals surface area contributed by atoms with Gasteiger partial charge in [-0.3, -0.25) is 0 Å². The fourth-order valence-corrected chi connectivity index (χ4v) is 2.80. The highest BCUT2D eigenvalue weighted by atomic mass is 15.1. The van der Waals surface area contributed by atoms with Crippen molar-refractivity contribution in [3.8, 4) is 0 Å². The molecule has 0 aromatic heterocycles. The summed E-state index contributed by atoms with van der Waals surface area (Å²) in [7, 11) is 0. The minimum atomic E-state index is 0.222. The van der Waals surface area contributed by atoms with Crippen LogP contribution in [-0.2, 0) is 0 Å². The minimum absolute atomic E-state index is 0.222. The van der Waals surface area contributed by atoms with E-state index in [2.05, 4.69) is 58.7 Å². The zero-order valence-corrected chi connectivity index (χ0v) is 14.3. The van der Waals surface area contributed by atoms with E-state index in [1.165, 1.54) is 32.5 Å². The average Bonchev–Trinajstić information content (AvgIpc) is 2.31. The first-order valence-corrected chi connectivity index (χ1v) is 8.12. The van der Waals surface area contributed by atoms with Crippen molar-refractivity contribution >= 4 is 0 Å². The molecule has 2 nitrogen and oxygen atoms in total. The number of nitrogens with zero attached hydrogens (tertiary/aromatic N) is 1. The van der Waals surface area contributed by atoms with Gasteiger partial charge in [0.2, 0.25) is 0 Å². The Labute approximate surface area is 121 Å². The maximum Gasteiger partial charge on any atom is 0.00967 e. The molecule has 19 heavy (non-hydrogen) atoms. The fraction of sp³-hybridized carbons (Fsp3) is 1.00. The van der Waals surface area contributed by atoms with Gasteiger partial charge in [-0.15, -0.1) is 0 Å². The Bertz CT molecular complexity index is 269. The third kappa shape index (κ3) is 5.83. The van der Waals surface area contributed by atoms with Crippen molar-refractivity contribution in [2.24, 2.45) is 17.3 Å². The molecule has 3 unspecified atom stereocenters. The number of rotatable bonds is 5. The largest absolute Gasteiger partial charge is 0.311 e. The van der Waals surface area contributed by atoms with Crippen molar-refractivity contribution in [3.63, 3.8) is 0 Å². The highest BCUT2D eigenvalue weighted by molar-refractivity contribution is 4.85. The number of piperidine rings is 1. The van der Waals surface area contributed by atoms with E-state index in [0.717, 1.165) is 18.4 Å². The first-order chi connectivity index (χ1) is 8.65. The second-order valence-corrected chi connectivity index (χ2v) is 8.25. The topological polar surface area (TPSA) is 15.3 Å². The van der Waals surface area contributed by atoms with Crippen molar-refractivity contribution in [1.82, 2.24) is 10.2 Å². The molecule has 1 heterocycles. The van der Waals surface area contributed by atoms with Gasteiger partial charge in [-0.2, -0.15) is 0 Å². The maximum atomic E-state index is 3.70. The predicted molar refractivity (Wildman–Crippen MR) is 85.5 cm³/mol. The quantitative estimate of drug-likeness (QED) is 0.816. The molecule has 0 bridgehead atoms. The monoisotopic (exact) mass is 268 g/mol. The van der Waals surface area contributed by atoms with Crippen molar-refractivity contribution in [1.29, 1.82) is 0 Å². The Balaban J connectivity index is 2.51. The van der Waals surface area contributed by atoms with Gasteiger partial charge < -0.3 is 10.2 Å². The number of hydrogen-bond acceptors (Lipinski definition) is 2. The summed E-state index contributed by atoms with van der Waals surface area (Å²) < 4.78 is 0. The van der Waals surface area contributed by atoms with Crippen LogP contribution >= 0.6 is 0 Å². The van der Waals surface area contributed by atoms with Gasteiger partial charge in [0.05, 0.1) is 0 Å². The van der Waals surface area contributed by atoms with Crippen LogP contribution in [0.3, 0.4) is 0 Å². The standard InChI is InChI=1S/C17H36N2/c1-8-17(7,12-18-16(4,5)6)13-19-10-9-14(2)15(3)11-19/h14-15,18H,8-13H2,1-7H3. The molecule has 3 atom stereocenters. The van der Waals surface area contributed by atoms with Gasteiger partial charge >= 0.3 is 0 Å². The molecule has 0 aromatic rings.